The van der Waals surface area contributed by atoms with Gasteiger partial charge in [-0.15, -0.1) is 0 Å². The number of nitrogens with zero attached hydrogens (tertiary/aromatic N) is 2. The number of thioether (sulfide) groups is 1. The third-order valence-corrected chi connectivity index (χ3v) is 3.47. The van der Waals surface area contributed by atoms with Crippen molar-refractivity contribution in [1.82, 2.24) is 9.97 Å². The van der Waals surface area contributed by atoms with E-state index in [2.05, 4.69) is 27.5 Å². The average molecular weight is 224 g/mol. The molecule has 1 unspecified atom stereocenters. The summed E-state index contributed by atoms with van der Waals surface area (Å²) in [5.74, 6) is 4.25. The Morgan fingerprint density at radius 2 is 2.33 bits per heavy atom. The maximum atomic E-state index is 4.21. The van der Waals surface area contributed by atoms with E-state index in [1.165, 1.54) is 17.9 Å². The van der Waals surface area contributed by atoms with Gasteiger partial charge in [-0.1, -0.05) is 0 Å². The van der Waals surface area contributed by atoms with Gasteiger partial charge in [-0.2, -0.15) is 11.8 Å². The molecule has 0 aliphatic carbocycles. The molecule has 1 fully saturated rings. The first kappa shape index (κ1) is 10.5. The van der Waals surface area contributed by atoms with Gasteiger partial charge < -0.3 is 10.6 Å². The third kappa shape index (κ3) is 2.99. The zero-order chi connectivity index (χ0) is 10.5. The average Bonchev–Trinajstić information content (AvgIpc) is 2.71. The molecule has 1 aromatic rings. The minimum absolute atomic E-state index is 0.569. The van der Waals surface area contributed by atoms with Gasteiger partial charge in [0.05, 0.1) is 0 Å². The van der Waals surface area contributed by atoms with Crippen LogP contribution in [-0.2, 0) is 0 Å². The highest BCUT2D eigenvalue weighted by Crippen LogP contribution is 2.20. The van der Waals surface area contributed by atoms with Gasteiger partial charge in [-0.3, -0.25) is 0 Å². The first-order valence-electron chi connectivity index (χ1n) is 5.28. The summed E-state index contributed by atoms with van der Waals surface area (Å²) >= 11 is 1.99. The molecule has 4 nitrogen and oxygen atoms in total. The zero-order valence-corrected chi connectivity index (χ0v) is 9.68. The lowest BCUT2D eigenvalue weighted by Crippen LogP contribution is -2.19. The van der Waals surface area contributed by atoms with Gasteiger partial charge >= 0.3 is 0 Å². The van der Waals surface area contributed by atoms with Crippen molar-refractivity contribution in [3.63, 3.8) is 0 Å². The number of nitrogens with one attached hydrogen (secondary N) is 2. The fourth-order valence-electron chi connectivity index (χ4n) is 1.57. The molecule has 0 radical (unpaired) electrons. The minimum atomic E-state index is 0.569. The lowest BCUT2D eigenvalue weighted by atomic mass is 10.2. The van der Waals surface area contributed by atoms with Crippen molar-refractivity contribution in [2.24, 2.45) is 0 Å². The summed E-state index contributed by atoms with van der Waals surface area (Å²) < 4.78 is 0. The molecule has 1 aromatic heterocycles. The van der Waals surface area contributed by atoms with E-state index in [-0.39, 0.29) is 0 Å². The van der Waals surface area contributed by atoms with E-state index in [0.717, 1.165) is 18.2 Å². The number of aromatic nitrogens is 2. The van der Waals surface area contributed by atoms with E-state index in [9.17, 15) is 0 Å². The van der Waals surface area contributed by atoms with Gasteiger partial charge in [0.25, 0.3) is 0 Å². The van der Waals surface area contributed by atoms with Crippen molar-refractivity contribution < 1.29 is 0 Å². The molecule has 2 N–H and O–H groups in total. The van der Waals surface area contributed by atoms with E-state index < -0.39 is 0 Å². The Morgan fingerprint density at radius 3 is 3.07 bits per heavy atom. The van der Waals surface area contributed by atoms with Crippen LogP contribution < -0.4 is 10.6 Å². The second-order valence-electron chi connectivity index (χ2n) is 3.52. The lowest BCUT2D eigenvalue weighted by molar-refractivity contribution is 0.805. The van der Waals surface area contributed by atoms with Crippen LogP contribution in [0.1, 0.15) is 13.3 Å². The Hall–Kier alpha value is -0.970. The highest BCUT2D eigenvalue weighted by molar-refractivity contribution is 7.99. The van der Waals surface area contributed by atoms with Crippen molar-refractivity contribution in [3.05, 3.63) is 12.4 Å². The largest absolute Gasteiger partial charge is 0.370 e. The van der Waals surface area contributed by atoms with Crippen LogP contribution in [0.15, 0.2) is 12.4 Å². The van der Waals surface area contributed by atoms with E-state index >= 15 is 0 Å². The molecule has 5 heteroatoms. The molecular weight excluding hydrogens is 208 g/mol. The number of hydrogen-bond acceptors (Lipinski definition) is 5. The Labute approximate surface area is 94.3 Å². The van der Waals surface area contributed by atoms with Gasteiger partial charge in [0, 0.05) is 24.4 Å². The summed E-state index contributed by atoms with van der Waals surface area (Å²) in [5, 5.41) is 6.60. The van der Waals surface area contributed by atoms with Gasteiger partial charge in [0.1, 0.15) is 18.0 Å². The maximum absolute atomic E-state index is 4.21. The highest BCUT2D eigenvalue weighted by atomic mass is 32.2. The molecule has 1 saturated heterocycles. The summed E-state index contributed by atoms with van der Waals surface area (Å²) in [4.78, 5) is 8.35. The van der Waals surface area contributed by atoms with Crippen LogP contribution in [0.2, 0.25) is 0 Å². The Bertz CT molecular complexity index is 312. The lowest BCUT2D eigenvalue weighted by Gasteiger charge is -2.12. The van der Waals surface area contributed by atoms with Crippen molar-refractivity contribution in [2.45, 2.75) is 19.4 Å². The molecule has 1 aliphatic heterocycles. The van der Waals surface area contributed by atoms with E-state index in [4.69, 9.17) is 0 Å². The number of rotatable bonds is 4. The van der Waals surface area contributed by atoms with Crippen LogP contribution in [-0.4, -0.2) is 34.1 Å². The Kier molecular flexibility index (Phi) is 3.66. The summed E-state index contributed by atoms with van der Waals surface area (Å²) in [6, 6.07) is 2.53. The van der Waals surface area contributed by atoms with Gasteiger partial charge in [0.2, 0.25) is 0 Å². The van der Waals surface area contributed by atoms with Crippen molar-refractivity contribution in [1.29, 1.82) is 0 Å². The van der Waals surface area contributed by atoms with Crippen LogP contribution >= 0.6 is 11.8 Å². The molecule has 2 rings (SSSR count). The topological polar surface area (TPSA) is 49.8 Å². The fraction of sp³-hybridized carbons (Fsp3) is 0.600. The molecule has 0 aromatic carbocycles. The second kappa shape index (κ2) is 5.21. The summed E-state index contributed by atoms with van der Waals surface area (Å²) in [5.41, 5.74) is 0. The van der Waals surface area contributed by atoms with Gasteiger partial charge in [-0.25, -0.2) is 9.97 Å². The molecule has 1 aliphatic rings. The maximum Gasteiger partial charge on any atom is 0.131 e. The quantitative estimate of drug-likeness (QED) is 0.817. The monoisotopic (exact) mass is 224 g/mol. The van der Waals surface area contributed by atoms with Crippen LogP contribution in [0.25, 0.3) is 0 Å². The standard InChI is InChI=1S/C10H16N4S/c1-2-11-9-5-10(13-7-12-9)14-8-3-4-15-6-8/h5,7-8H,2-4,6H2,1H3,(H2,11,12,13,14). The SMILES string of the molecule is CCNc1cc(NC2CCSC2)ncn1. The van der Waals surface area contributed by atoms with E-state index in [1.807, 2.05) is 17.8 Å². The molecule has 15 heavy (non-hydrogen) atoms. The first-order chi connectivity index (χ1) is 7.38. The Balaban J connectivity index is 1.97. The first-order valence-corrected chi connectivity index (χ1v) is 6.44. The minimum Gasteiger partial charge on any atom is -0.370 e. The number of anilines is 2. The van der Waals surface area contributed by atoms with Gasteiger partial charge in [-0.05, 0) is 19.1 Å². The summed E-state index contributed by atoms with van der Waals surface area (Å²) in [7, 11) is 0. The van der Waals surface area contributed by atoms with Crippen molar-refractivity contribution in [3.8, 4) is 0 Å². The second-order valence-corrected chi connectivity index (χ2v) is 4.67. The van der Waals surface area contributed by atoms with Gasteiger partial charge in [0.15, 0.2) is 0 Å². The zero-order valence-electron chi connectivity index (χ0n) is 8.86. The molecule has 0 saturated carbocycles. The fourth-order valence-corrected chi connectivity index (χ4v) is 2.72. The van der Waals surface area contributed by atoms with E-state index in [1.54, 1.807) is 6.33 Å². The number of hydrogen-bond donors (Lipinski definition) is 2. The molecule has 1 atom stereocenters. The third-order valence-electron chi connectivity index (χ3n) is 2.31. The van der Waals surface area contributed by atoms with Crippen LogP contribution in [0.4, 0.5) is 11.6 Å². The molecule has 82 valence electrons. The van der Waals surface area contributed by atoms with Crippen molar-refractivity contribution >= 4 is 23.4 Å². The van der Waals surface area contributed by atoms with Crippen molar-refractivity contribution in [2.75, 3.05) is 28.7 Å². The molecular formula is C10H16N4S. The molecule has 0 amide bonds. The van der Waals surface area contributed by atoms with Crippen LogP contribution in [0.5, 0.6) is 0 Å². The summed E-state index contributed by atoms with van der Waals surface area (Å²) in [6.07, 6.45) is 2.83. The van der Waals surface area contributed by atoms with Crippen LogP contribution in [0, 0.1) is 0 Å². The van der Waals surface area contributed by atoms with E-state index in [0.29, 0.717) is 6.04 Å². The molecule has 0 bridgehead atoms. The Morgan fingerprint density at radius 1 is 1.47 bits per heavy atom. The highest BCUT2D eigenvalue weighted by Gasteiger charge is 2.15. The molecule has 2 heterocycles. The smallest absolute Gasteiger partial charge is 0.131 e. The predicted molar refractivity (Wildman–Crippen MR) is 65.5 cm³/mol. The normalized spacial score (nSPS) is 20.2. The molecule has 0 spiro atoms. The summed E-state index contributed by atoms with van der Waals surface area (Å²) in [6.45, 7) is 2.94. The van der Waals surface area contributed by atoms with Crippen LogP contribution in [0.3, 0.4) is 0 Å². The predicted octanol–water partition coefficient (Wildman–Crippen LogP) is 1.83.